The summed E-state index contributed by atoms with van der Waals surface area (Å²) < 4.78 is 16.3. The van der Waals surface area contributed by atoms with Crippen LogP contribution in [0.25, 0.3) is 0 Å². The Morgan fingerprint density at radius 2 is 2.12 bits per heavy atom. The molecule has 0 bridgehead atoms. The summed E-state index contributed by atoms with van der Waals surface area (Å²) in [4.78, 5) is 12.0. The van der Waals surface area contributed by atoms with Gasteiger partial charge in [-0.05, 0) is 50.1 Å². The van der Waals surface area contributed by atoms with Crippen LogP contribution in [0.5, 0.6) is 5.75 Å². The van der Waals surface area contributed by atoms with E-state index in [9.17, 15) is 4.79 Å². The molecule has 1 N–H and O–H groups in total. The first kappa shape index (κ1) is 18.1. The van der Waals surface area contributed by atoms with E-state index in [2.05, 4.69) is 5.32 Å². The summed E-state index contributed by atoms with van der Waals surface area (Å²) >= 11 is 0. The Bertz CT molecular complexity index is 608. The van der Waals surface area contributed by atoms with Gasteiger partial charge in [-0.25, -0.2) is 0 Å². The van der Waals surface area contributed by atoms with Gasteiger partial charge in [-0.1, -0.05) is 12.1 Å². The quantitative estimate of drug-likeness (QED) is 0.678. The predicted octanol–water partition coefficient (Wildman–Crippen LogP) is 3.33. The first-order chi connectivity index (χ1) is 11.6. The molecule has 0 aliphatic rings. The molecule has 0 aliphatic heterocycles. The Kier molecular flexibility index (Phi) is 7.36. The molecule has 0 fully saturated rings. The van der Waals surface area contributed by atoms with Crippen molar-refractivity contribution in [2.24, 2.45) is 0 Å². The van der Waals surface area contributed by atoms with E-state index in [1.165, 1.54) is 0 Å². The van der Waals surface area contributed by atoms with Crippen LogP contribution in [0.2, 0.25) is 0 Å². The maximum atomic E-state index is 12.0. The second-order valence-electron chi connectivity index (χ2n) is 5.83. The molecule has 24 heavy (non-hydrogen) atoms. The van der Waals surface area contributed by atoms with Crippen molar-refractivity contribution in [3.8, 4) is 5.75 Å². The largest absolute Gasteiger partial charge is 0.491 e. The van der Waals surface area contributed by atoms with Gasteiger partial charge < -0.3 is 19.2 Å². The van der Waals surface area contributed by atoms with Crippen LogP contribution in [0.3, 0.4) is 0 Å². The van der Waals surface area contributed by atoms with Crippen molar-refractivity contribution in [3.05, 3.63) is 54.0 Å². The summed E-state index contributed by atoms with van der Waals surface area (Å²) in [6.45, 7) is 5.60. The maximum absolute atomic E-state index is 12.0. The topological polar surface area (TPSA) is 60.7 Å². The Hall–Kier alpha value is -2.27. The lowest BCUT2D eigenvalue weighted by Gasteiger charge is -2.11. The Morgan fingerprint density at radius 1 is 1.25 bits per heavy atom. The van der Waals surface area contributed by atoms with Crippen molar-refractivity contribution in [3.63, 3.8) is 0 Å². The van der Waals surface area contributed by atoms with E-state index >= 15 is 0 Å². The second-order valence-corrected chi connectivity index (χ2v) is 5.83. The van der Waals surface area contributed by atoms with Crippen LogP contribution in [-0.2, 0) is 22.6 Å². The number of hydrogen-bond acceptors (Lipinski definition) is 4. The Balaban J connectivity index is 1.61. The minimum Gasteiger partial charge on any atom is -0.491 e. The third-order valence-electron chi connectivity index (χ3n) is 3.25. The van der Waals surface area contributed by atoms with Crippen LogP contribution in [0.4, 0.5) is 0 Å². The molecule has 2 rings (SSSR count). The molecule has 5 heteroatoms. The van der Waals surface area contributed by atoms with E-state index in [4.69, 9.17) is 13.9 Å². The number of furan rings is 1. The molecule has 0 atom stereocenters. The van der Waals surface area contributed by atoms with E-state index < -0.39 is 0 Å². The number of benzene rings is 1. The minimum absolute atomic E-state index is 0.00253. The van der Waals surface area contributed by atoms with Crippen molar-refractivity contribution in [2.75, 3.05) is 13.2 Å². The minimum atomic E-state index is 0.00253. The van der Waals surface area contributed by atoms with Gasteiger partial charge in [0.2, 0.25) is 5.91 Å². The number of amides is 1. The molecular weight excluding hydrogens is 306 g/mol. The number of carbonyl (C=O) groups is 1. The first-order valence-corrected chi connectivity index (χ1v) is 8.26. The fourth-order valence-electron chi connectivity index (χ4n) is 2.22. The van der Waals surface area contributed by atoms with Gasteiger partial charge in [0.25, 0.3) is 0 Å². The average molecular weight is 331 g/mol. The van der Waals surface area contributed by atoms with Crippen LogP contribution in [0.1, 0.15) is 31.6 Å². The van der Waals surface area contributed by atoms with Gasteiger partial charge in [-0.3, -0.25) is 4.79 Å². The number of ether oxygens (including phenoxy) is 2. The van der Waals surface area contributed by atoms with Crippen molar-refractivity contribution in [2.45, 2.75) is 39.4 Å². The van der Waals surface area contributed by atoms with Gasteiger partial charge in [0.05, 0.1) is 18.8 Å². The highest BCUT2D eigenvalue weighted by Crippen LogP contribution is 2.15. The molecule has 1 heterocycles. The average Bonchev–Trinajstić information content (AvgIpc) is 3.03. The molecule has 1 aromatic heterocycles. The summed E-state index contributed by atoms with van der Waals surface area (Å²) in [6.07, 6.45) is 2.86. The zero-order valence-electron chi connectivity index (χ0n) is 14.3. The molecule has 0 saturated carbocycles. The summed E-state index contributed by atoms with van der Waals surface area (Å²) in [5.74, 6) is 1.60. The molecule has 0 saturated heterocycles. The predicted molar refractivity (Wildman–Crippen MR) is 91.9 cm³/mol. The van der Waals surface area contributed by atoms with E-state index in [1.807, 2.05) is 50.2 Å². The molecule has 0 unspecified atom stereocenters. The van der Waals surface area contributed by atoms with Gasteiger partial charge in [-0.2, -0.15) is 0 Å². The van der Waals surface area contributed by atoms with E-state index in [-0.39, 0.29) is 12.0 Å². The number of rotatable bonds is 10. The summed E-state index contributed by atoms with van der Waals surface area (Å²) in [5.41, 5.74) is 0.944. The van der Waals surface area contributed by atoms with Crippen molar-refractivity contribution in [1.29, 1.82) is 0 Å². The highest BCUT2D eigenvalue weighted by molar-refractivity contribution is 5.78. The van der Waals surface area contributed by atoms with Gasteiger partial charge in [0.15, 0.2) is 0 Å². The van der Waals surface area contributed by atoms with E-state index in [0.717, 1.165) is 23.5 Å². The van der Waals surface area contributed by atoms with Gasteiger partial charge >= 0.3 is 0 Å². The van der Waals surface area contributed by atoms with Gasteiger partial charge in [-0.15, -0.1) is 0 Å². The maximum Gasteiger partial charge on any atom is 0.224 e. The Morgan fingerprint density at radius 3 is 2.88 bits per heavy atom. The van der Waals surface area contributed by atoms with Gasteiger partial charge in [0, 0.05) is 13.2 Å². The van der Waals surface area contributed by atoms with Crippen LogP contribution in [0.15, 0.2) is 47.1 Å². The molecular formula is C19H25NO4. The van der Waals surface area contributed by atoms with Crippen LogP contribution in [0, 0.1) is 0 Å². The highest BCUT2D eigenvalue weighted by Gasteiger charge is 2.05. The van der Waals surface area contributed by atoms with Crippen LogP contribution >= 0.6 is 0 Å². The molecule has 0 spiro atoms. The SMILES string of the molecule is CC(C)Oc1cccc(CC(=O)NCCCOCc2ccco2)c1. The molecule has 0 radical (unpaired) electrons. The van der Waals surface area contributed by atoms with Gasteiger partial charge in [0.1, 0.15) is 18.1 Å². The van der Waals surface area contributed by atoms with E-state index in [0.29, 0.717) is 26.2 Å². The van der Waals surface area contributed by atoms with Crippen LogP contribution < -0.4 is 10.1 Å². The molecule has 2 aromatic rings. The molecule has 130 valence electrons. The summed E-state index contributed by atoms with van der Waals surface area (Å²) in [7, 11) is 0. The molecule has 1 amide bonds. The summed E-state index contributed by atoms with van der Waals surface area (Å²) in [6, 6.07) is 11.4. The first-order valence-electron chi connectivity index (χ1n) is 8.26. The number of carbonyl (C=O) groups excluding carboxylic acids is 1. The zero-order valence-corrected chi connectivity index (χ0v) is 14.3. The van der Waals surface area contributed by atoms with Crippen molar-refractivity contribution in [1.82, 2.24) is 5.32 Å². The third-order valence-corrected chi connectivity index (χ3v) is 3.25. The van der Waals surface area contributed by atoms with Crippen molar-refractivity contribution >= 4 is 5.91 Å². The fraction of sp³-hybridized carbons (Fsp3) is 0.421. The van der Waals surface area contributed by atoms with Crippen molar-refractivity contribution < 1.29 is 18.7 Å². The lowest BCUT2D eigenvalue weighted by Crippen LogP contribution is -2.26. The lowest BCUT2D eigenvalue weighted by atomic mass is 10.1. The number of nitrogens with one attached hydrogen (secondary N) is 1. The third kappa shape index (κ3) is 6.87. The normalized spacial score (nSPS) is 10.8. The molecule has 1 aromatic carbocycles. The molecule has 5 nitrogen and oxygen atoms in total. The lowest BCUT2D eigenvalue weighted by molar-refractivity contribution is -0.120. The monoisotopic (exact) mass is 331 g/mol. The Labute approximate surface area is 143 Å². The fourth-order valence-corrected chi connectivity index (χ4v) is 2.22. The van der Waals surface area contributed by atoms with Crippen LogP contribution in [-0.4, -0.2) is 25.2 Å². The standard InChI is InChI=1S/C19H25NO4/c1-15(2)24-17-7-3-6-16(12-17)13-19(21)20-9-5-10-22-14-18-8-4-11-23-18/h3-4,6-8,11-12,15H,5,9-10,13-14H2,1-2H3,(H,20,21). The summed E-state index contributed by atoms with van der Waals surface area (Å²) in [5, 5.41) is 2.90. The smallest absolute Gasteiger partial charge is 0.224 e. The number of hydrogen-bond donors (Lipinski definition) is 1. The second kappa shape index (κ2) is 9.78. The van der Waals surface area contributed by atoms with E-state index in [1.54, 1.807) is 6.26 Å². The highest BCUT2D eigenvalue weighted by atomic mass is 16.5. The zero-order chi connectivity index (χ0) is 17.2. The molecule has 0 aliphatic carbocycles.